The molecular formula is C38H33F17O5. The summed E-state index contributed by atoms with van der Waals surface area (Å²) in [6, 6.07) is 16.8. The van der Waals surface area contributed by atoms with Gasteiger partial charge in [-0.3, -0.25) is 0 Å². The molecule has 0 heterocycles. The molecule has 0 spiro atoms. The second-order valence-corrected chi connectivity index (χ2v) is 13.2. The minimum Gasteiger partial charge on any atom is -0.494 e. The minimum atomic E-state index is -8.74. The lowest BCUT2D eigenvalue weighted by Gasteiger charge is -2.42. The van der Waals surface area contributed by atoms with Crippen LogP contribution in [-0.2, 0) is 4.74 Å². The van der Waals surface area contributed by atoms with Crippen LogP contribution in [0.3, 0.4) is 0 Å². The molecule has 0 aromatic heterocycles. The maximum atomic E-state index is 14.1. The highest BCUT2D eigenvalue weighted by Crippen LogP contribution is 2.64. The smallest absolute Gasteiger partial charge is 0.460 e. The number of esters is 2. The molecule has 3 aromatic rings. The van der Waals surface area contributed by atoms with Crippen LogP contribution in [0.25, 0.3) is 11.1 Å². The molecule has 0 atom stereocenters. The minimum absolute atomic E-state index is 0.0545. The van der Waals surface area contributed by atoms with Crippen molar-refractivity contribution in [2.45, 2.75) is 99.5 Å². The molecule has 0 aliphatic heterocycles. The Kier molecular flexibility index (Phi) is 15.2. The van der Waals surface area contributed by atoms with Crippen molar-refractivity contribution < 1.29 is 98.4 Å². The molecule has 0 saturated carbocycles. The Balaban J connectivity index is 1.58. The zero-order chi connectivity index (χ0) is 45.6. The van der Waals surface area contributed by atoms with E-state index in [1.807, 2.05) is 12.1 Å². The molecule has 0 amide bonds. The van der Waals surface area contributed by atoms with Crippen LogP contribution in [0.15, 0.2) is 72.8 Å². The van der Waals surface area contributed by atoms with Crippen molar-refractivity contribution in [1.29, 1.82) is 0 Å². The summed E-state index contributed by atoms with van der Waals surface area (Å²) in [5.74, 6) is -59.5. The lowest BCUT2D eigenvalue weighted by molar-refractivity contribution is -0.461. The fraction of sp³-hybridized carbons (Fsp3) is 0.474. The molecule has 0 radical (unpaired) electrons. The van der Waals surface area contributed by atoms with E-state index in [1.54, 1.807) is 24.3 Å². The number of halogens is 17. The Morgan fingerprint density at radius 3 is 1.35 bits per heavy atom. The number of hydrogen-bond donors (Lipinski definition) is 0. The van der Waals surface area contributed by atoms with Crippen molar-refractivity contribution in [3.8, 4) is 22.6 Å². The first-order valence-corrected chi connectivity index (χ1v) is 17.5. The summed E-state index contributed by atoms with van der Waals surface area (Å²) < 4.78 is 244. The monoisotopic (exact) mass is 892 g/mol. The molecule has 334 valence electrons. The van der Waals surface area contributed by atoms with Crippen LogP contribution < -0.4 is 9.47 Å². The van der Waals surface area contributed by atoms with Crippen LogP contribution in [0.2, 0.25) is 0 Å². The molecule has 3 rings (SSSR count). The maximum absolute atomic E-state index is 14.1. The average Bonchev–Trinajstić information content (AvgIpc) is 3.17. The van der Waals surface area contributed by atoms with Gasteiger partial charge in [-0.05, 0) is 66.1 Å². The van der Waals surface area contributed by atoms with E-state index in [2.05, 4.69) is 11.7 Å². The van der Waals surface area contributed by atoms with Crippen LogP contribution in [0, 0.1) is 0 Å². The van der Waals surface area contributed by atoms with Crippen LogP contribution in [0.4, 0.5) is 74.6 Å². The molecule has 0 fully saturated rings. The Morgan fingerprint density at radius 1 is 0.450 bits per heavy atom. The molecular weight excluding hydrogens is 859 g/mol. The van der Waals surface area contributed by atoms with Crippen LogP contribution in [0.1, 0.15) is 72.6 Å². The van der Waals surface area contributed by atoms with E-state index in [0.717, 1.165) is 61.1 Å². The number of ether oxygens (including phenoxy) is 3. The van der Waals surface area contributed by atoms with Gasteiger partial charge in [0, 0.05) is 0 Å². The molecule has 0 N–H and O–H groups in total. The second-order valence-electron chi connectivity index (χ2n) is 13.2. The van der Waals surface area contributed by atoms with Gasteiger partial charge >= 0.3 is 59.6 Å². The molecule has 22 heteroatoms. The number of hydrogen-bond acceptors (Lipinski definition) is 5. The first-order chi connectivity index (χ1) is 27.5. The first-order valence-electron chi connectivity index (χ1n) is 17.5. The van der Waals surface area contributed by atoms with Gasteiger partial charge in [0.05, 0.1) is 30.8 Å². The normalized spacial score (nSPS) is 13.6. The van der Waals surface area contributed by atoms with Gasteiger partial charge in [0.1, 0.15) is 11.5 Å². The van der Waals surface area contributed by atoms with E-state index in [1.165, 1.54) is 25.0 Å². The highest BCUT2D eigenvalue weighted by atomic mass is 19.4. The predicted octanol–water partition coefficient (Wildman–Crippen LogP) is 12.9. The number of benzene rings is 3. The number of carbonyl (C=O) groups excluding carboxylic acids is 2. The topological polar surface area (TPSA) is 61.8 Å². The Hall–Kier alpha value is -4.79. The lowest BCUT2D eigenvalue weighted by Crippen LogP contribution is -2.74. The molecule has 5 nitrogen and oxygen atoms in total. The lowest BCUT2D eigenvalue weighted by atomic mass is 9.88. The number of alkyl halides is 17. The summed E-state index contributed by atoms with van der Waals surface area (Å²) in [6.07, 6.45) is -4.10. The van der Waals surface area contributed by atoms with Gasteiger partial charge in [-0.1, -0.05) is 63.3 Å². The fourth-order valence-electron chi connectivity index (χ4n) is 5.15. The van der Waals surface area contributed by atoms with Gasteiger partial charge in [0.25, 0.3) is 0 Å². The van der Waals surface area contributed by atoms with Crippen molar-refractivity contribution in [2.75, 3.05) is 13.2 Å². The van der Waals surface area contributed by atoms with Gasteiger partial charge in [-0.2, -0.15) is 74.6 Å². The van der Waals surface area contributed by atoms with Crippen molar-refractivity contribution in [1.82, 2.24) is 0 Å². The largest absolute Gasteiger partial charge is 0.494 e. The molecule has 0 unspecified atom stereocenters. The maximum Gasteiger partial charge on any atom is 0.460 e. The molecule has 3 aromatic carbocycles. The predicted molar refractivity (Wildman–Crippen MR) is 178 cm³/mol. The Labute approximate surface area is 329 Å². The van der Waals surface area contributed by atoms with Crippen molar-refractivity contribution in [2.24, 2.45) is 0 Å². The Bertz CT molecular complexity index is 1880. The fourth-order valence-corrected chi connectivity index (χ4v) is 5.15. The number of rotatable bonds is 21. The van der Waals surface area contributed by atoms with E-state index >= 15 is 0 Å². The van der Waals surface area contributed by atoms with E-state index < -0.39 is 78.2 Å². The molecule has 0 saturated heterocycles. The van der Waals surface area contributed by atoms with Gasteiger partial charge in [0.2, 0.25) is 0 Å². The average molecular weight is 893 g/mol. The number of carbonyl (C=O) groups is 2. The summed E-state index contributed by atoms with van der Waals surface area (Å²) in [7, 11) is 0. The van der Waals surface area contributed by atoms with Gasteiger partial charge in [0.15, 0.2) is 0 Å². The van der Waals surface area contributed by atoms with Gasteiger partial charge < -0.3 is 14.2 Å². The van der Waals surface area contributed by atoms with E-state index in [4.69, 9.17) is 9.47 Å². The van der Waals surface area contributed by atoms with Crippen molar-refractivity contribution in [3.63, 3.8) is 0 Å². The SMILES string of the molecule is CCCCCCCCOc1ccc(-c2ccc(C(=O)Oc3ccc(C(=O)OCCC(F)(F)C(F)(F)C(F)(F)C(F)(F)C(F)(F)C(F)(F)C(F)(F)C(F)(F)F)cc3)cc2)cc1. The van der Waals surface area contributed by atoms with Crippen molar-refractivity contribution in [3.05, 3.63) is 83.9 Å². The van der Waals surface area contributed by atoms with Crippen LogP contribution in [-0.4, -0.2) is 72.8 Å². The molecule has 0 bridgehead atoms. The van der Waals surface area contributed by atoms with E-state index in [-0.39, 0.29) is 11.3 Å². The quantitative estimate of drug-likeness (QED) is 0.0461. The molecule has 0 aliphatic carbocycles. The third-order valence-electron chi connectivity index (χ3n) is 8.81. The van der Waals surface area contributed by atoms with Gasteiger partial charge in [-0.25, -0.2) is 9.59 Å². The van der Waals surface area contributed by atoms with Crippen molar-refractivity contribution >= 4 is 11.9 Å². The highest BCUT2D eigenvalue weighted by molar-refractivity contribution is 5.92. The number of unbranched alkanes of at least 4 members (excludes halogenated alkanes) is 5. The molecule has 60 heavy (non-hydrogen) atoms. The van der Waals surface area contributed by atoms with Crippen LogP contribution in [0.5, 0.6) is 11.5 Å². The summed E-state index contributed by atoms with van der Waals surface area (Å²) in [6.45, 7) is 0.610. The van der Waals surface area contributed by atoms with E-state index in [0.29, 0.717) is 12.4 Å². The summed E-state index contributed by atoms with van der Waals surface area (Å²) in [5.41, 5.74) is 0.950. The van der Waals surface area contributed by atoms with E-state index in [9.17, 15) is 84.2 Å². The summed E-state index contributed by atoms with van der Waals surface area (Å²) in [4.78, 5) is 24.8. The Morgan fingerprint density at radius 2 is 0.850 bits per heavy atom. The second kappa shape index (κ2) is 18.4. The summed E-state index contributed by atoms with van der Waals surface area (Å²) >= 11 is 0. The zero-order valence-electron chi connectivity index (χ0n) is 30.8. The van der Waals surface area contributed by atoms with Gasteiger partial charge in [-0.15, -0.1) is 0 Å². The highest BCUT2D eigenvalue weighted by Gasteiger charge is 2.95. The molecule has 0 aliphatic rings. The van der Waals surface area contributed by atoms with Crippen LogP contribution >= 0.6 is 0 Å². The standard InChI is InChI=1S/C38H33F17O5/c1-2-3-4-5-6-7-21-58-27-16-12-24(13-17-27)23-8-10-26(11-9-23)30(57)60-28-18-14-25(15-19-28)29(56)59-22-20-31(39,40)32(41,42)33(43,44)34(45,46)35(47,48)36(49,50)37(51,52)38(53,54)55/h8-19H,2-7,20-22H2,1H3. The summed E-state index contributed by atoms with van der Waals surface area (Å²) in [5, 5.41) is 0. The zero-order valence-corrected chi connectivity index (χ0v) is 30.8. The first kappa shape index (κ1) is 49.6. The third kappa shape index (κ3) is 10.0. The third-order valence-corrected chi connectivity index (χ3v) is 8.81.